The van der Waals surface area contributed by atoms with E-state index in [1.54, 1.807) is 0 Å². The van der Waals surface area contributed by atoms with Crippen LogP contribution in [0.1, 0.15) is 31.9 Å². The van der Waals surface area contributed by atoms with Crippen molar-refractivity contribution in [2.75, 3.05) is 0 Å². The number of aliphatic hydroxyl groups excluding tert-OH is 1. The maximum Gasteiger partial charge on any atom is 0.0944 e. The monoisotopic (exact) mass is 225 g/mol. The van der Waals surface area contributed by atoms with Crippen molar-refractivity contribution in [1.82, 2.24) is 5.32 Å². The number of rotatable bonds is 2. The Kier molecular flexibility index (Phi) is 2.75. The topological polar surface area (TPSA) is 32.3 Å². The summed E-state index contributed by atoms with van der Waals surface area (Å²) in [7, 11) is 0. The Bertz CT molecular complexity index is 356. The molecule has 15 heavy (non-hydrogen) atoms. The molecule has 0 bridgehead atoms. The lowest BCUT2D eigenvalue weighted by Gasteiger charge is -2.46. The summed E-state index contributed by atoms with van der Waals surface area (Å²) in [4.78, 5) is 0. The van der Waals surface area contributed by atoms with Crippen molar-refractivity contribution >= 4 is 11.6 Å². The van der Waals surface area contributed by atoms with Gasteiger partial charge in [-0.2, -0.15) is 0 Å². The van der Waals surface area contributed by atoms with E-state index in [0.29, 0.717) is 5.02 Å². The minimum atomic E-state index is -0.461. The summed E-state index contributed by atoms with van der Waals surface area (Å²) < 4.78 is 0. The van der Waals surface area contributed by atoms with E-state index >= 15 is 0 Å². The van der Waals surface area contributed by atoms with Crippen molar-refractivity contribution in [3.8, 4) is 0 Å². The van der Waals surface area contributed by atoms with E-state index in [9.17, 15) is 5.11 Å². The van der Waals surface area contributed by atoms with E-state index in [2.05, 4.69) is 19.2 Å². The van der Waals surface area contributed by atoms with Gasteiger partial charge in [-0.1, -0.05) is 23.7 Å². The molecule has 1 saturated heterocycles. The molecule has 1 aromatic carbocycles. The zero-order chi connectivity index (χ0) is 11.1. The van der Waals surface area contributed by atoms with Gasteiger partial charge in [0.05, 0.1) is 6.10 Å². The molecule has 0 saturated carbocycles. The highest BCUT2D eigenvalue weighted by atomic mass is 35.5. The molecular weight excluding hydrogens is 210 g/mol. The fraction of sp³-hybridized carbons (Fsp3) is 0.500. The first-order chi connectivity index (χ1) is 6.98. The summed E-state index contributed by atoms with van der Waals surface area (Å²) in [6.07, 6.45) is 0.525. The molecule has 1 aliphatic rings. The van der Waals surface area contributed by atoms with Gasteiger partial charge < -0.3 is 10.4 Å². The van der Waals surface area contributed by atoms with Crippen LogP contribution in [0.15, 0.2) is 24.3 Å². The summed E-state index contributed by atoms with van der Waals surface area (Å²) in [6.45, 7) is 4.27. The first kappa shape index (κ1) is 10.9. The van der Waals surface area contributed by atoms with Gasteiger partial charge >= 0.3 is 0 Å². The van der Waals surface area contributed by atoms with Crippen LogP contribution in [0.5, 0.6) is 0 Å². The molecule has 0 aliphatic carbocycles. The number of nitrogens with one attached hydrogen (secondary N) is 1. The quantitative estimate of drug-likeness (QED) is 0.811. The van der Waals surface area contributed by atoms with Gasteiger partial charge in [-0.05, 0) is 38.0 Å². The van der Waals surface area contributed by atoms with Gasteiger partial charge in [0.25, 0.3) is 0 Å². The molecule has 1 fully saturated rings. The SMILES string of the molecule is CC1(C)CC(C(O)c2cccc(Cl)c2)N1. The number of hydrogen-bond donors (Lipinski definition) is 2. The molecule has 1 heterocycles. The summed E-state index contributed by atoms with van der Waals surface area (Å²) >= 11 is 5.88. The van der Waals surface area contributed by atoms with Gasteiger partial charge in [0.15, 0.2) is 0 Å². The highest BCUT2D eigenvalue weighted by Gasteiger charge is 2.39. The molecule has 1 aliphatic heterocycles. The van der Waals surface area contributed by atoms with Crippen LogP contribution in [0, 0.1) is 0 Å². The van der Waals surface area contributed by atoms with Crippen LogP contribution in [-0.4, -0.2) is 16.7 Å². The van der Waals surface area contributed by atoms with Gasteiger partial charge in [-0.3, -0.25) is 0 Å². The van der Waals surface area contributed by atoms with Crippen molar-refractivity contribution in [2.24, 2.45) is 0 Å². The molecule has 1 aromatic rings. The van der Waals surface area contributed by atoms with Gasteiger partial charge in [-0.25, -0.2) is 0 Å². The summed E-state index contributed by atoms with van der Waals surface area (Å²) in [5.74, 6) is 0. The first-order valence-electron chi connectivity index (χ1n) is 5.19. The Morgan fingerprint density at radius 3 is 2.73 bits per heavy atom. The zero-order valence-electron chi connectivity index (χ0n) is 9.00. The molecule has 2 rings (SSSR count). The Balaban J connectivity index is 2.06. The van der Waals surface area contributed by atoms with Crippen LogP contribution in [-0.2, 0) is 0 Å². The van der Waals surface area contributed by atoms with Gasteiger partial charge in [0.1, 0.15) is 0 Å². The molecule has 2 atom stereocenters. The third-order valence-electron chi connectivity index (χ3n) is 2.88. The van der Waals surface area contributed by atoms with Gasteiger partial charge in [0.2, 0.25) is 0 Å². The predicted molar refractivity (Wildman–Crippen MR) is 62.0 cm³/mol. The van der Waals surface area contributed by atoms with E-state index in [-0.39, 0.29) is 11.6 Å². The Morgan fingerprint density at radius 2 is 2.20 bits per heavy atom. The second kappa shape index (κ2) is 3.78. The molecular formula is C12H16ClNO. The second-order valence-electron chi connectivity index (χ2n) is 4.84. The first-order valence-corrected chi connectivity index (χ1v) is 5.57. The lowest BCUT2D eigenvalue weighted by Crippen LogP contribution is -2.61. The van der Waals surface area contributed by atoms with Crippen molar-refractivity contribution in [3.63, 3.8) is 0 Å². The van der Waals surface area contributed by atoms with Gasteiger partial charge in [-0.15, -0.1) is 0 Å². The molecule has 0 amide bonds. The fourth-order valence-corrected chi connectivity index (χ4v) is 2.34. The molecule has 82 valence electrons. The average Bonchev–Trinajstić information content (AvgIpc) is 2.13. The van der Waals surface area contributed by atoms with Crippen LogP contribution in [0.3, 0.4) is 0 Å². The third kappa shape index (κ3) is 2.33. The van der Waals surface area contributed by atoms with E-state index < -0.39 is 6.10 Å². The highest BCUT2D eigenvalue weighted by molar-refractivity contribution is 6.30. The van der Waals surface area contributed by atoms with Crippen molar-refractivity contribution in [3.05, 3.63) is 34.9 Å². The van der Waals surface area contributed by atoms with Crippen LogP contribution in [0.2, 0.25) is 5.02 Å². The summed E-state index contributed by atoms with van der Waals surface area (Å²) in [5.41, 5.74) is 1.04. The van der Waals surface area contributed by atoms with Crippen LogP contribution in [0.4, 0.5) is 0 Å². The van der Waals surface area contributed by atoms with E-state index in [4.69, 9.17) is 11.6 Å². The minimum absolute atomic E-state index is 0.151. The van der Waals surface area contributed by atoms with Crippen LogP contribution in [0.25, 0.3) is 0 Å². The number of aliphatic hydroxyl groups is 1. The van der Waals surface area contributed by atoms with Crippen LogP contribution < -0.4 is 5.32 Å². The smallest absolute Gasteiger partial charge is 0.0944 e. The second-order valence-corrected chi connectivity index (χ2v) is 5.28. The maximum absolute atomic E-state index is 10.1. The van der Waals surface area contributed by atoms with E-state index in [1.165, 1.54) is 0 Å². The Morgan fingerprint density at radius 1 is 1.53 bits per heavy atom. The van der Waals surface area contributed by atoms with Gasteiger partial charge in [0, 0.05) is 16.6 Å². The molecule has 2 unspecified atom stereocenters. The van der Waals surface area contributed by atoms with Crippen molar-refractivity contribution in [2.45, 2.75) is 38.0 Å². The fourth-order valence-electron chi connectivity index (χ4n) is 2.14. The average molecular weight is 226 g/mol. The minimum Gasteiger partial charge on any atom is -0.387 e. The molecule has 0 radical (unpaired) electrons. The molecule has 3 heteroatoms. The standard InChI is InChI=1S/C12H16ClNO/c1-12(2)7-10(14-12)11(15)8-4-3-5-9(13)6-8/h3-6,10-11,14-15H,7H2,1-2H3. The van der Waals surface area contributed by atoms with Crippen LogP contribution >= 0.6 is 11.6 Å². The van der Waals surface area contributed by atoms with E-state index in [1.807, 2.05) is 24.3 Å². The molecule has 2 N–H and O–H groups in total. The number of hydrogen-bond acceptors (Lipinski definition) is 2. The molecule has 0 spiro atoms. The zero-order valence-corrected chi connectivity index (χ0v) is 9.75. The van der Waals surface area contributed by atoms with E-state index in [0.717, 1.165) is 12.0 Å². The summed E-state index contributed by atoms with van der Waals surface area (Å²) in [6, 6.07) is 7.56. The largest absolute Gasteiger partial charge is 0.387 e. The lowest BCUT2D eigenvalue weighted by atomic mass is 9.81. The third-order valence-corrected chi connectivity index (χ3v) is 3.11. The Labute approximate surface area is 95.3 Å². The Hall–Kier alpha value is -0.570. The molecule has 0 aromatic heterocycles. The predicted octanol–water partition coefficient (Wildman–Crippen LogP) is 2.51. The van der Waals surface area contributed by atoms with Crippen molar-refractivity contribution < 1.29 is 5.11 Å². The van der Waals surface area contributed by atoms with Crippen molar-refractivity contribution in [1.29, 1.82) is 0 Å². The highest BCUT2D eigenvalue weighted by Crippen LogP contribution is 2.32. The molecule has 2 nitrogen and oxygen atoms in total. The maximum atomic E-state index is 10.1. The number of halogens is 1. The lowest BCUT2D eigenvalue weighted by molar-refractivity contribution is 0.0390. The normalized spacial score (nSPS) is 25.7. The summed E-state index contributed by atoms with van der Waals surface area (Å²) in [5, 5.41) is 14.1. The number of benzene rings is 1.